The number of ether oxygens (including phenoxy) is 1. The van der Waals surface area contributed by atoms with Gasteiger partial charge in [0.1, 0.15) is 0 Å². The first-order valence-corrected chi connectivity index (χ1v) is 29.4. The number of carbonyl (C=O) groups excluding carboxylic acids is 2. The van der Waals surface area contributed by atoms with Crippen LogP contribution in [-0.4, -0.2) is 47.4 Å². The second-order valence-corrected chi connectivity index (χ2v) is 20.0. The normalized spacial score (nSPS) is 13.0. The zero-order valence-electron chi connectivity index (χ0n) is 44.6. The predicted octanol–water partition coefficient (Wildman–Crippen LogP) is 18.2. The van der Waals surface area contributed by atoms with Gasteiger partial charge in [0.05, 0.1) is 25.4 Å². The van der Waals surface area contributed by atoms with Crippen molar-refractivity contribution in [3.05, 3.63) is 48.6 Å². The van der Waals surface area contributed by atoms with Crippen molar-refractivity contribution in [2.24, 2.45) is 0 Å². The number of unbranched alkanes of at least 4 members (excludes halogenated alkanes) is 37. The van der Waals surface area contributed by atoms with Gasteiger partial charge in [0, 0.05) is 12.8 Å². The Morgan fingerprint density at radius 1 is 0.418 bits per heavy atom. The minimum atomic E-state index is -0.849. The van der Waals surface area contributed by atoms with E-state index in [1.165, 1.54) is 218 Å². The fourth-order valence-corrected chi connectivity index (χ4v) is 8.76. The van der Waals surface area contributed by atoms with Gasteiger partial charge in [-0.15, -0.1) is 0 Å². The Kier molecular flexibility index (Phi) is 54.6. The Bertz CT molecular complexity index is 1130. The molecule has 2 atom stereocenters. The number of hydrogen-bond donors (Lipinski definition) is 3. The summed E-state index contributed by atoms with van der Waals surface area (Å²) in [5.41, 5.74) is 0. The monoisotopic (exact) mass is 940 g/mol. The first-order chi connectivity index (χ1) is 33.0. The van der Waals surface area contributed by atoms with Crippen LogP contribution in [-0.2, 0) is 14.3 Å². The summed E-state index contributed by atoms with van der Waals surface area (Å²) >= 11 is 0. The topological polar surface area (TPSA) is 95.9 Å². The van der Waals surface area contributed by atoms with E-state index in [0.29, 0.717) is 19.4 Å². The highest BCUT2D eigenvalue weighted by Gasteiger charge is 2.18. The highest BCUT2D eigenvalue weighted by atomic mass is 16.5. The third-order valence-electron chi connectivity index (χ3n) is 13.3. The van der Waals surface area contributed by atoms with Crippen molar-refractivity contribution in [3.8, 4) is 0 Å². The van der Waals surface area contributed by atoms with Crippen molar-refractivity contribution >= 4 is 11.9 Å². The number of aliphatic hydroxyl groups is 2. The molecule has 6 heteroatoms. The lowest BCUT2D eigenvalue weighted by atomic mass is 10.0. The van der Waals surface area contributed by atoms with Gasteiger partial charge in [0.2, 0.25) is 5.91 Å². The molecule has 0 fully saturated rings. The van der Waals surface area contributed by atoms with E-state index in [4.69, 9.17) is 4.74 Å². The van der Waals surface area contributed by atoms with Gasteiger partial charge in [0.15, 0.2) is 0 Å². The van der Waals surface area contributed by atoms with Crippen LogP contribution in [0.2, 0.25) is 0 Å². The Morgan fingerprint density at radius 3 is 1.19 bits per heavy atom. The Hall–Kier alpha value is -2.18. The predicted molar refractivity (Wildman–Crippen MR) is 292 cm³/mol. The van der Waals surface area contributed by atoms with Crippen molar-refractivity contribution in [2.75, 3.05) is 13.2 Å². The molecule has 0 heterocycles. The number of nitrogens with one attached hydrogen (secondary N) is 1. The van der Waals surface area contributed by atoms with Gasteiger partial charge in [-0.2, -0.15) is 0 Å². The maximum absolute atomic E-state index is 12.4. The number of allylic oxidation sites excluding steroid dienone is 7. The maximum atomic E-state index is 12.4. The molecule has 0 saturated heterocycles. The van der Waals surface area contributed by atoms with E-state index in [0.717, 1.165) is 57.8 Å². The number of aliphatic hydroxyl groups excluding tert-OH is 2. The molecule has 0 saturated carbocycles. The van der Waals surface area contributed by atoms with Crippen molar-refractivity contribution < 1.29 is 24.5 Å². The van der Waals surface area contributed by atoms with Gasteiger partial charge >= 0.3 is 5.97 Å². The molecule has 0 aromatic heterocycles. The van der Waals surface area contributed by atoms with Crippen LogP contribution >= 0.6 is 0 Å². The molecule has 0 spiro atoms. The first kappa shape index (κ1) is 64.8. The lowest BCUT2D eigenvalue weighted by Gasteiger charge is -2.20. The van der Waals surface area contributed by atoms with Crippen LogP contribution in [0.15, 0.2) is 48.6 Å². The average molecular weight is 941 g/mol. The van der Waals surface area contributed by atoms with E-state index < -0.39 is 12.1 Å². The highest BCUT2D eigenvalue weighted by Crippen LogP contribution is 2.16. The summed E-state index contributed by atoms with van der Waals surface area (Å²) in [7, 11) is 0. The molecular formula is C61H113NO5. The number of rotatable bonds is 54. The van der Waals surface area contributed by atoms with E-state index in [-0.39, 0.29) is 18.5 Å². The molecule has 0 bridgehead atoms. The minimum Gasteiger partial charge on any atom is -0.466 e. The van der Waals surface area contributed by atoms with Crippen molar-refractivity contribution in [1.82, 2.24) is 5.32 Å². The zero-order chi connectivity index (χ0) is 48.6. The third kappa shape index (κ3) is 53.0. The second kappa shape index (κ2) is 56.4. The molecule has 0 aliphatic carbocycles. The lowest BCUT2D eigenvalue weighted by molar-refractivity contribution is -0.143. The van der Waals surface area contributed by atoms with Crippen LogP contribution < -0.4 is 5.32 Å². The molecule has 392 valence electrons. The summed E-state index contributed by atoms with van der Waals surface area (Å²) in [6.45, 7) is 4.85. The number of hydrogen-bond acceptors (Lipinski definition) is 5. The molecule has 6 nitrogen and oxygen atoms in total. The van der Waals surface area contributed by atoms with Crippen LogP contribution in [0.4, 0.5) is 0 Å². The Balaban J connectivity index is 3.45. The van der Waals surface area contributed by atoms with Crippen LogP contribution in [0.25, 0.3) is 0 Å². The number of amides is 1. The molecule has 67 heavy (non-hydrogen) atoms. The fourth-order valence-electron chi connectivity index (χ4n) is 8.76. The van der Waals surface area contributed by atoms with Crippen molar-refractivity contribution in [3.63, 3.8) is 0 Å². The maximum Gasteiger partial charge on any atom is 0.305 e. The lowest BCUT2D eigenvalue weighted by Crippen LogP contribution is -2.45. The molecule has 3 N–H and O–H groups in total. The second-order valence-electron chi connectivity index (χ2n) is 20.0. The summed E-state index contributed by atoms with van der Waals surface area (Å²) in [4.78, 5) is 24.5. The third-order valence-corrected chi connectivity index (χ3v) is 13.3. The van der Waals surface area contributed by atoms with Gasteiger partial charge in [0.25, 0.3) is 0 Å². The molecule has 0 aromatic carbocycles. The Morgan fingerprint density at radius 2 is 0.761 bits per heavy atom. The minimum absolute atomic E-state index is 0.00581. The SMILES string of the molecule is CCCC/C=C\C/C=C\CCCCCCCC(=O)OCCCCCCCCCCCCC/C=C\CCCCCCCCCC(=O)NC(CO)C(O)/C=C/CCCCCCCCCCCCCC. The standard InChI is InChI=1S/C61H113NO5/c1-3-5-7-9-11-13-15-17-29-33-37-41-45-49-53-59(64)58(57-63)62-60(65)54-50-46-42-38-34-30-27-25-23-21-19-20-22-24-26-28-32-36-40-44-48-52-56-67-61(66)55-51-47-43-39-35-31-18-16-14-12-10-8-6-4-2/h10,12,16,18,21,23,49,53,58-59,63-64H,3-9,11,13-15,17,19-20,22,24-48,50-52,54-57H2,1-2H3,(H,62,65)/b12-10-,18-16-,23-21-,53-49+. The summed E-state index contributed by atoms with van der Waals surface area (Å²) in [5, 5.41) is 23.1. The van der Waals surface area contributed by atoms with E-state index in [2.05, 4.69) is 55.6 Å². The molecule has 0 rings (SSSR count). The van der Waals surface area contributed by atoms with Crippen LogP contribution in [0.1, 0.15) is 303 Å². The smallest absolute Gasteiger partial charge is 0.305 e. The van der Waals surface area contributed by atoms with Gasteiger partial charge in [-0.05, 0) is 83.5 Å². The average Bonchev–Trinajstić information content (AvgIpc) is 3.33. The van der Waals surface area contributed by atoms with Crippen LogP contribution in [0.3, 0.4) is 0 Å². The van der Waals surface area contributed by atoms with Gasteiger partial charge in [-0.1, -0.05) is 255 Å². The van der Waals surface area contributed by atoms with Gasteiger partial charge in [-0.3, -0.25) is 9.59 Å². The van der Waals surface area contributed by atoms with E-state index >= 15 is 0 Å². The molecule has 0 aliphatic rings. The zero-order valence-corrected chi connectivity index (χ0v) is 44.6. The highest BCUT2D eigenvalue weighted by molar-refractivity contribution is 5.76. The van der Waals surface area contributed by atoms with E-state index in [1.807, 2.05) is 6.08 Å². The molecule has 2 unspecified atom stereocenters. The molecular weight excluding hydrogens is 827 g/mol. The molecule has 0 radical (unpaired) electrons. The number of carbonyl (C=O) groups is 2. The molecule has 0 aliphatic heterocycles. The molecule has 1 amide bonds. The largest absolute Gasteiger partial charge is 0.466 e. The van der Waals surface area contributed by atoms with Crippen LogP contribution in [0.5, 0.6) is 0 Å². The van der Waals surface area contributed by atoms with Crippen molar-refractivity contribution in [1.29, 1.82) is 0 Å². The Labute approximate surface area is 416 Å². The first-order valence-electron chi connectivity index (χ1n) is 29.4. The quantitative estimate of drug-likeness (QED) is 0.0321. The van der Waals surface area contributed by atoms with E-state index in [1.54, 1.807) is 6.08 Å². The van der Waals surface area contributed by atoms with Crippen molar-refractivity contribution in [2.45, 2.75) is 315 Å². The van der Waals surface area contributed by atoms with E-state index in [9.17, 15) is 19.8 Å². The van der Waals surface area contributed by atoms with Crippen LogP contribution in [0, 0.1) is 0 Å². The molecule has 0 aromatic rings. The fraction of sp³-hybridized carbons (Fsp3) is 0.836. The summed E-state index contributed by atoms with van der Waals surface area (Å²) < 4.78 is 5.47. The summed E-state index contributed by atoms with van der Waals surface area (Å²) in [5.74, 6) is -0.0812. The summed E-state index contributed by atoms with van der Waals surface area (Å²) in [6.07, 6.45) is 71.3. The van der Waals surface area contributed by atoms with Gasteiger partial charge in [-0.25, -0.2) is 0 Å². The summed E-state index contributed by atoms with van der Waals surface area (Å²) in [6, 6.07) is -0.633. The van der Waals surface area contributed by atoms with Gasteiger partial charge < -0.3 is 20.3 Å². The number of esters is 1.